The molecule has 0 aliphatic heterocycles. The average Bonchev–Trinajstić information content (AvgIpc) is 2.89. The van der Waals surface area contributed by atoms with Gasteiger partial charge in [-0.3, -0.25) is 9.59 Å². The van der Waals surface area contributed by atoms with E-state index in [0.717, 1.165) is 0 Å². The van der Waals surface area contributed by atoms with Gasteiger partial charge in [0.15, 0.2) is 11.5 Å². The van der Waals surface area contributed by atoms with Crippen molar-refractivity contribution in [1.29, 1.82) is 0 Å². The molecule has 0 spiro atoms. The number of ketones is 2. The molecule has 0 amide bonds. The van der Waals surface area contributed by atoms with Crippen molar-refractivity contribution in [2.75, 3.05) is 7.11 Å². The number of methoxy groups -OCH3 is 1. The van der Waals surface area contributed by atoms with Crippen molar-refractivity contribution in [3.63, 3.8) is 0 Å². The number of rotatable bonds is 2. The number of furan rings is 1. The molecule has 0 bridgehead atoms. The molecule has 0 N–H and O–H groups in total. The highest BCUT2D eigenvalue weighted by Crippen LogP contribution is 2.35. The summed E-state index contributed by atoms with van der Waals surface area (Å²) in [6.07, 6.45) is 0. The van der Waals surface area contributed by atoms with Crippen molar-refractivity contribution in [3.05, 3.63) is 52.5 Å². The maximum Gasteiger partial charge on any atom is 0.233 e. The monoisotopic (exact) mass is 270 g/mol. The second-order valence-electron chi connectivity index (χ2n) is 5.09. The van der Waals surface area contributed by atoms with Crippen molar-refractivity contribution in [3.8, 4) is 5.75 Å². The molecular weight excluding hydrogens is 256 g/mol. The maximum absolute atomic E-state index is 12.5. The molecule has 1 heterocycles. The van der Waals surface area contributed by atoms with Gasteiger partial charge in [-0.15, -0.1) is 0 Å². The van der Waals surface area contributed by atoms with Crippen molar-refractivity contribution >= 4 is 11.6 Å². The quantitative estimate of drug-likeness (QED) is 0.717. The third kappa shape index (κ3) is 1.61. The summed E-state index contributed by atoms with van der Waals surface area (Å²) in [5, 5.41) is 0. The van der Waals surface area contributed by atoms with Crippen molar-refractivity contribution < 1.29 is 18.7 Å². The zero-order chi connectivity index (χ0) is 14.4. The molecule has 0 radical (unpaired) electrons. The molecule has 4 nitrogen and oxygen atoms in total. The van der Waals surface area contributed by atoms with Crippen LogP contribution < -0.4 is 4.74 Å². The molecule has 3 rings (SSSR count). The van der Waals surface area contributed by atoms with Crippen LogP contribution in [0, 0.1) is 0 Å². The smallest absolute Gasteiger partial charge is 0.233 e. The Bertz CT molecular complexity index is 722. The Balaban J connectivity index is 2.25. The van der Waals surface area contributed by atoms with E-state index < -0.39 is 0 Å². The highest BCUT2D eigenvalue weighted by Gasteiger charge is 2.36. The van der Waals surface area contributed by atoms with Gasteiger partial charge in [0.2, 0.25) is 5.78 Å². The van der Waals surface area contributed by atoms with Gasteiger partial charge in [0.25, 0.3) is 0 Å². The van der Waals surface area contributed by atoms with E-state index in [4.69, 9.17) is 9.15 Å². The van der Waals surface area contributed by atoms with Crippen molar-refractivity contribution in [1.82, 2.24) is 0 Å². The summed E-state index contributed by atoms with van der Waals surface area (Å²) >= 11 is 0. The van der Waals surface area contributed by atoms with E-state index in [1.54, 1.807) is 24.3 Å². The molecule has 0 saturated carbocycles. The van der Waals surface area contributed by atoms with E-state index in [9.17, 15) is 9.59 Å². The van der Waals surface area contributed by atoms with E-state index in [-0.39, 0.29) is 28.8 Å². The van der Waals surface area contributed by atoms with E-state index in [1.165, 1.54) is 7.11 Å². The standard InChI is InChI=1S/C16H14O4/c1-8(2)12-7-10-14(17)9-5-4-6-11(19-3)13(9)15(18)16(10)20-12/h4-8H,1-3H3. The molecule has 1 aromatic carbocycles. The van der Waals surface area contributed by atoms with Crippen LogP contribution in [0.5, 0.6) is 5.75 Å². The van der Waals surface area contributed by atoms with Crippen LogP contribution in [-0.2, 0) is 0 Å². The van der Waals surface area contributed by atoms with Crippen LogP contribution in [0.1, 0.15) is 57.6 Å². The minimum Gasteiger partial charge on any atom is -0.496 e. The van der Waals surface area contributed by atoms with Crippen LogP contribution in [0.15, 0.2) is 28.7 Å². The van der Waals surface area contributed by atoms with Crippen LogP contribution in [0.25, 0.3) is 0 Å². The second kappa shape index (κ2) is 4.34. The number of carbonyl (C=O) groups is 2. The van der Waals surface area contributed by atoms with Crippen LogP contribution >= 0.6 is 0 Å². The molecule has 1 aliphatic carbocycles. The minimum absolute atomic E-state index is 0.117. The predicted molar refractivity (Wildman–Crippen MR) is 72.7 cm³/mol. The Morgan fingerprint density at radius 3 is 2.50 bits per heavy atom. The molecule has 2 aromatic rings. The summed E-state index contributed by atoms with van der Waals surface area (Å²) < 4.78 is 10.8. The topological polar surface area (TPSA) is 56.5 Å². The summed E-state index contributed by atoms with van der Waals surface area (Å²) in [6, 6.07) is 6.68. The van der Waals surface area contributed by atoms with Crippen LogP contribution in [0.4, 0.5) is 0 Å². The lowest BCUT2D eigenvalue weighted by Gasteiger charge is -2.15. The Kier molecular flexibility index (Phi) is 2.74. The number of ether oxygens (including phenoxy) is 1. The van der Waals surface area contributed by atoms with Crippen molar-refractivity contribution in [2.24, 2.45) is 0 Å². The largest absolute Gasteiger partial charge is 0.496 e. The third-order valence-corrected chi connectivity index (χ3v) is 3.49. The van der Waals surface area contributed by atoms with Gasteiger partial charge in [0.05, 0.1) is 18.2 Å². The lowest BCUT2D eigenvalue weighted by molar-refractivity contribution is 0.0956. The Hall–Kier alpha value is -2.36. The Labute approximate surface area is 116 Å². The van der Waals surface area contributed by atoms with Gasteiger partial charge < -0.3 is 9.15 Å². The van der Waals surface area contributed by atoms with Gasteiger partial charge in [-0.1, -0.05) is 26.0 Å². The molecule has 1 aromatic heterocycles. The predicted octanol–water partition coefficient (Wildman–Crippen LogP) is 3.19. The molecular formula is C16H14O4. The van der Waals surface area contributed by atoms with E-state index >= 15 is 0 Å². The lowest BCUT2D eigenvalue weighted by atomic mass is 9.88. The van der Waals surface area contributed by atoms with E-state index in [1.807, 2.05) is 13.8 Å². The summed E-state index contributed by atoms with van der Waals surface area (Å²) in [4.78, 5) is 25.0. The molecule has 4 heteroatoms. The first-order chi connectivity index (χ1) is 9.54. The number of hydrogen-bond donors (Lipinski definition) is 0. The van der Waals surface area contributed by atoms with Crippen LogP contribution in [0.2, 0.25) is 0 Å². The normalized spacial score (nSPS) is 13.4. The first-order valence-electron chi connectivity index (χ1n) is 6.44. The maximum atomic E-state index is 12.5. The Morgan fingerprint density at radius 2 is 1.85 bits per heavy atom. The van der Waals surface area contributed by atoms with Gasteiger partial charge in [0.1, 0.15) is 11.5 Å². The minimum atomic E-state index is -0.293. The van der Waals surface area contributed by atoms with Crippen molar-refractivity contribution in [2.45, 2.75) is 19.8 Å². The fraction of sp³-hybridized carbons (Fsp3) is 0.250. The first kappa shape index (κ1) is 12.7. The molecule has 1 aliphatic rings. The summed E-state index contributed by atoms with van der Waals surface area (Å²) in [5.41, 5.74) is 1.01. The molecule has 0 atom stereocenters. The number of carbonyl (C=O) groups excluding carboxylic acids is 2. The van der Waals surface area contributed by atoms with Crippen LogP contribution in [0.3, 0.4) is 0 Å². The van der Waals surface area contributed by atoms with E-state index in [2.05, 4.69) is 0 Å². The molecule has 0 saturated heterocycles. The highest BCUT2D eigenvalue weighted by molar-refractivity contribution is 6.28. The number of benzene rings is 1. The van der Waals surface area contributed by atoms with Crippen LogP contribution in [-0.4, -0.2) is 18.7 Å². The molecule has 0 fully saturated rings. The summed E-state index contributed by atoms with van der Waals surface area (Å²) in [7, 11) is 1.48. The zero-order valence-electron chi connectivity index (χ0n) is 11.5. The van der Waals surface area contributed by atoms with E-state index in [0.29, 0.717) is 22.6 Å². The third-order valence-electron chi connectivity index (χ3n) is 3.49. The second-order valence-corrected chi connectivity index (χ2v) is 5.09. The average molecular weight is 270 g/mol. The highest BCUT2D eigenvalue weighted by atomic mass is 16.5. The number of fused-ring (bicyclic) bond motifs is 2. The Morgan fingerprint density at radius 1 is 1.10 bits per heavy atom. The van der Waals surface area contributed by atoms with Gasteiger partial charge in [-0.25, -0.2) is 0 Å². The van der Waals surface area contributed by atoms with Gasteiger partial charge in [-0.2, -0.15) is 0 Å². The summed E-state index contributed by atoms with van der Waals surface area (Å²) in [6.45, 7) is 3.90. The fourth-order valence-electron chi connectivity index (χ4n) is 2.42. The lowest BCUT2D eigenvalue weighted by Crippen LogP contribution is -2.19. The zero-order valence-corrected chi connectivity index (χ0v) is 11.5. The molecule has 0 unspecified atom stereocenters. The molecule has 20 heavy (non-hydrogen) atoms. The summed E-state index contributed by atoms with van der Waals surface area (Å²) in [5.74, 6) is 0.794. The van der Waals surface area contributed by atoms with Gasteiger partial charge in [-0.05, 0) is 12.1 Å². The molecule has 102 valence electrons. The SMILES string of the molecule is COc1cccc2c1C(=O)c1oc(C(C)C)cc1C2=O. The number of hydrogen-bond acceptors (Lipinski definition) is 4. The van der Waals surface area contributed by atoms with Gasteiger partial charge in [0, 0.05) is 11.5 Å². The first-order valence-corrected chi connectivity index (χ1v) is 6.44. The van der Waals surface area contributed by atoms with Gasteiger partial charge >= 0.3 is 0 Å². The fourth-order valence-corrected chi connectivity index (χ4v) is 2.42.